The summed E-state index contributed by atoms with van der Waals surface area (Å²) >= 11 is 0. The number of likely N-dealkylation sites (N-methyl/N-ethyl adjacent to an activating group) is 1. The van der Waals surface area contributed by atoms with E-state index in [1.165, 1.54) is 23.8 Å². The van der Waals surface area contributed by atoms with E-state index < -0.39 is 30.1 Å². The van der Waals surface area contributed by atoms with Crippen molar-refractivity contribution in [3.05, 3.63) is 41.6 Å². The molecule has 1 aliphatic rings. The molecule has 0 radical (unpaired) electrons. The fraction of sp³-hybridized carbons (Fsp3) is 0.455. The Morgan fingerprint density at radius 2 is 1.83 bits per heavy atom. The summed E-state index contributed by atoms with van der Waals surface area (Å²) < 4.78 is 5.13. The van der Waals surface area contributed by atoms with Crippen molar-refractivity contribution in [3.63, 3.8) is 0 Å². The standard InChI is InChI=1S/C22H29N3O5/c1-15(26)25-11-10-16-8-6-7-9-17(16)18(25)12-21(29)30-14-20(28)24(5)13-19(27)23-22(2,3)4/h6-11,18H,12-14H2,1-5H3,(H,23,27). The number of carbonyl (C=O) groups excluding carboxylic acids is 4. The van der Waals surface area contributed by atoms with Crippen molar-refractivity contribution in [2.24, 2.45) is 0 Å². The van der Waals surface area contributed by atoms with Crippen molar-refractivity contribution in [2.45, 2.75) is 45.7 Å². The van der Waals surface area contributed by atoms with Crippen molar-refractivity contribution < 1.29 is 23.9 Å². The molecule has 1 atom stereocenters. The van der Waals surface area contributed by atoms with Crippen LogP contribution in [0.3, 0.4) is 0 Å². The summed E-state index contributed by atoms with van der Waals surface area (Å²) in [4.78, 5) is 51.2. The van der Waals surface area contributed by atoms with E-state index in [4.69, 9.17) is 4.74 Å². The average molecular weight is 415 g/mol. The van der Waals surface area contributed by atoms with Crippen LogP contribution in [0.5, 0.6) is 0 Å². The Bertz CT molecular complexity index is 857. The minimum absolute atomic E-state index is 0.0809. The van der Waals surface area contributed by atoms with Crippen LogP contribution in [0.25, 0.3) is 6.08 Å². The van der Waals surface area contributed by atoms with E-state index in [1.807, 2.05) is 51.1 Å². The maximum Gasteiger partial charge on any atom is 0.308 e. The Balaban J connectivity index is 1.93. The number of ether oxygens (including phenoxy) is 1. The molecular formula is C22H29N3O5. The first-order chi connectivity index (χ1) is 14.0. The number of benzene rings is 1. The summed E-state index contributed by atoms with van der Waals surface area (Å²) in [5, 5.41) is 2.76. The molecule has 1 heterocycles. The molecule has 0 aromatic heterocycles. The molecule has 1 N–H and O–H groups in total. The number of rotatable bonds is 6. The number of nitrogens with one attached hydrogen (secondary N) is 1. The van der Waals surface area contributed by atoms with Crippen LogP contribution in [-0.2, 0) is 23.9 Å². The van der Waals surface area contributed by atoms with Gasteiger partial charge in [0.25, 0.3) is 5.91 Å². The SMILES string of the molecule is CC(=O)N1C=Cc2ccccc2C1CC(=O)OCC(=O)N(C)CC(=O)NC(C)(C)C. The highest BCUT2D eigenvalue weighted by atomic mass is 16.5. The first-order valence-corrected chi connectivity index (χ1v) is 9.74. The number of amides is 3. The van der Waals surface area contributed by atoms with Gasteiger partial charge in [0.1, 0.15) is 0 Å². The number of nitrogens with zero attached hydrogens (tertiary/aromatic N) is 2. The lowest BCUT2D eigenvalue weighted by Gasteiger charge is -2.32. The highest BCUT2D eigenvalue weighted by molar-refractivity contribution is 5.86. The maximum atomic E-state index is 12.4. The Morgan fingerprint density at radius 3 is 2.47 bits per heavy atom. The maximum absolute atomic E-state index is 12.4. The number of carbonyl (C=O) groups is 4. The molecular weight excluding hydrogens is 386 g/mol. The molecule has 30 heavy (non-hydrogen) atoms. The zero-order valence-corrected chi connectivity index (χ0v) is 18.1. The summed E-state index contributed by atoms with van der Waals surface area (Å²) in [6.45, 7) is 6.36. The molecule has 0 saturated heterocycles. The second-order valence-electron chi connectivity index (χ2n) is 8.30. The highest BCUT2D eigenvalue weighted by Gasteiger charge is 2.29. The Kier molecular flexibility index (Phi) is 7.37. The normalized spacial score (nSPS) is 15.2. The van der Waals surface area contributed by atoms with Gasteiger partial charge in [0, 0.05) is 25.7 Å². The van der Waals surface area contributed by atoms with Crippen LogP contribution in [0.4, 0.5) is 0 Å². The van der Waals surface area contributed by atoms with Gasteiger partial charge in [0.15, 0.2) is 6.61 Å². The summed E-state index contributed by atoms with van der Waals surface area (Å²) in [5.41, 5.74) is 1.36. The fourth-order valence-electron chi connectivity index (χ4n) is 3.14. The Hall–Kier alpha value is -3.16. The van der Waals surface area contributed by atoms with Gasteiger partial charge in [-0.15, -0.1) is 0 Å². The van der Waals surface area contributed by atoms with Crippen LogP contribution >= 0.6 is 0 Å². The minimum atomic E-state index is -0.600. The molecule has 0 fully saturated rings. The van der Waals surface area contributed by atoms with Crippen molar-refractivity contribution in [1.82, 2.24) is 15.1 Å². The second-order valence-corrected chi connectivity index (χ2v) is 8.30. The zero-order chi connectivity index (χ0) is 22.5. The Labute approximate surface area is 176 Å². The molecule has 1 unspecified atom stereocenters. The van der Waals surface area contributed by atoms with Crippen molar-refractivity contribution in [1.29, 1.82) is 0 Å². The smallest absolute Gasteiger partial charge is 0.308 e. The summed E-state index contributed by atoms with van der Waals surface area (Å²) in [6, 6.07) is 6.99. The third-order valence-corrected chi connectivity index (χ3v) is 4.51. The van der Waals surface area contributed by atoms with Crippen LogP contribution in [-0.4, -0.2) is 59.2 Å². The third-order valence-electron chi connectivity index (χ3n) is 4.51. The van der Waals surface area contributed by atoms with Crippen LogP contribution in [0.1, 0.15) is 51.3 Å². The average Bonchev–Trinajstić information content (AvgIpc) is 2.64. The van der Waals surface area contributed by atoms with Gasteiger partial charge >= 0.3 is 5.97 Å². The molecule has 2 rings (SSSR count). The number of hydrogen-bond acceptors (Lipinski definition) is 5. The predicted molar refractivity (Wildman–Crippen MR) is 112 cm³/mol. The van der Waals surface area contributed by atoms with E-state index >= 15 is 0 Å². The topological polar surface area (TPSA) is 96.0 Å². The van der Waals surface area contributed by atoms with Crippen LogP contribution in [0, 0.1) is 0 Å². The molecule has 1 aliphatic heterocycles. The van der Waals surface area contributed by atoms with E-state index in [1.54, 1.807) is 6.20 Å². The van der Waals surface area contributed by atoms with Crippen LogP contribution in [0.15, 0.2) is 30.5 Å². The van der Waals surface area contributed by atoms with Gasteiger partial charge in [-0.1, -0.05) is 24.3 Å². The van der Waals surface area contributed by atoms with E-state index in [-0.39, 0.29) is 24.8 Å². The lowest BCUT2D eigenvalue weighted by atomic mass is 9.94. The second kappa shape index (κ2) is 9.56. The molecule has 0 aliphatic carbocycles. The van der Waals surface area contributed by atoms with E-state index in [0.717, 1.165) is 11.1 Å². The first-order valence-electron chi connectivity index (χ1n) is 9.74. The van der Waals surface area contributed by atoms with Gasteiger partial charge in [-0.25, -0.2) is 0 Å². The summed E-state index contributed by atoms with van der Waals surface area (Å²) in [7, 11) is 1.47. The first kappa shape index (κ1) is 23.1. The summed E-state index contributed by atoms with van der Waals surface area (Å²) in [6.07, 6.45) is 3.39. The molecule has 0 spiro atoms. The molecule has 0 saturated carbocycles. The predicted octanol–water partition coefficient (Wildman–Crippen LogP) is 1.87. The van der Waals surface area contributed by atoms with Gasteiger partial charge in [-0.05, 0) is 38.0 Å². The van der Waals surface area contributed by atoms with Gasteiger partial charge < -0.3 is 19.9 Å². The number of fused-ring (bicyclic) bond motifs is 1. The summed E-state index contributed by atoms with van der Waals surface area (Å²) in [5.74, 6) is -1.58. The third kappa shape index (κ3) is 6.43. The highest BCUT2D eigenvalue weighted by Crippen LogP contribution is 2.33. The molecule has 1 aromatic carbocycles. The number of hydrogen-bond donors (Lipinski definition) is 1. The molecule has 0 bridgehead atoms. The molecule has 8 heteroatoms. The van der Waals surface area contributed by atoms with Gasteiger partial charge in [-0.2, -0.15) is 0 Å². The van der Waals surface area contributed by atoms with E-state index in [0.29, 0.717) is 0 Å². The number of esters is 1. The Morgan fingerprint density at radius 1 is 1.17 bits per heavy atom. The lowest BCUT2D eigenvalue weighted by Crippen LogP contribution is -2.47. The van der Waals surface area contributed by atoms with Gasteiger partial charge in [0.2, 0.25) is 11.8 Å². The lowest BCUT2D eigenvalue weighted by molar-refractivity contribution is -0.153. The quantitative estimate of drug-likeness (QED) is 0.716. The van der Waals surface area contributed by atoms with E-state index in [2.05, 4.69) is 5.32 Å². The van der Waals surface area contributed by atoms with Crippen molar-refractivity contribution >= 4 is 29.8 Å². The van der Waals surface area contributed by atoms with Crippen molar-refractivity contribution in [2.75, 3.05) is 20.2 Å². The molecule has 8 nitrogen and oxygen atoms in total. The zero-order valence-electron chi connectivity index (χ0n) is 18.1. The van der Waals surface area contributed by atoms with Crippen molar-refractivity contribution in [3.8, 4) is 0 Å². The molecule has 162 valence electrons. The fourth-order valence-corrected chi connectivity index (χ4v) is 3.14. The molecule has 3 amide bonds. The van der Waals surface area contributed by atoms with Gasteiger partial charge in [-0.3, -0.25) is 19.2 Å². The van der Waals surface area contributed by atoms with E-state index in [9.17, 15) is 19.2 Å². The molecule has 1 aromatic rings. The van der Waals surface area contributed by atoms with Crippen LogP contribution < -0.4 is 5.32 Å². The van der Waals surface area contributed by atoms with Crippen LogP contribution in [0.2, 0.25) is 0 Å². The minimum Gasteiger partial charge on any atom is -0.455 e. The van der Waals surface area contributed by atoms with Gasteiger partial charge in [0.05, 0.1) is 19.0 Å². The monoisotopic (exact) mass is 415 g/mol. The largest absolute Gasteiger partial charge is 0.455 e.